The third kappa shape index (κ3) is 4.00. The summed E-state index contributed by atoms with van der Waals surface area (Å²) in [6, 6.07) is 0. The fourth-order valence-corrected chi connectivity index (χ4v) is 9.54. The van der Waals surface area contributed by atoms with E-state index in [1.54, 1.807) is 0 Å². The van der Waals surface area contributed by atoms with Gasteiger partial charge < -0.3 is 9.94 Å². The lowest BCUT2D eigenvalue weighted by molar-refractivity contribution is -0.111. The molecular weight excluding hydrogens is 382 g/mol. The lowest BCUT2D eigenvalue weighted by atomic mass is 9.44. The molecule has 0 radical (unpaired) electrons. The van der Waals surface area contributed by atoms with Crippen LogP contribution in [0.15, 0.2) is 5.16 Å². The standard InChI is InChI=1S/C28H49NO2/c1-18(2)8-7-9-19(3)22-12-13-23-21-10-11-25-26(29-30)16-20(31-6)17-28(25,5)24(21)14-15-27(22,23)4/h18-25,30H,7-17H2,1-6H3/b29-26+/t19-,20+,21+,22-,23+,24+,25+,27-,28-/m1/s1. The molecule has 31 heavy (non-hydrogen) atoms. The first-order chi connectivity index (χ1) is 14.7. The molecule has 4 aliphatic carbocycles. The summed E-state index contributed by atoms with van der Waals surface area (Å²) in [4.78, 5) is 0. The Morgan fingerprint density at radius 3 is 2.42 bits per heavy atom. The molecule has 3 nitrogen and oxygen atoms in total. The lowest BCUT2D eigenvalue weighted by Crippen LogP contribution is -2.57. The third-order valence-electron chi connectivity index (χ3n) is 11.0. The summed E-state index contributed by atoms with van der Waals surface area (Å²) < 4.78 is 5.83. The van der Waals surface area contributed by atoms with Crippen LogP contribution in [-0.2, 0) is 4.74 Å². The molecule has 4 saturated carbocycles. The van der Waals surface area contributed by atoms with Crippen molar-refractivity contribution in [2.24, 2.45) is 57.4 Å². The van der Waals surface area contributed by atoms with E-state index in [4.69, 9.17) is 4.74 Å². The van der Waals surface area contributed by atoms with Gasteiger partial charge in [-0.15, -0.1) is 0 Å². The Labute approximate surface area is 191 Å². The van der Waals surface area contributed by atoms with Gasteiger partial charge in [-0.3, -0.25) is 0 Å². The van der Waals surface area contributed by atoms with Crippen LogP contribution in [0.4, 0.5) is 0 Å². The Balaban J connectivity index is 1.51. The highest BCUT2D eigenvalue weighted by atomic mass is 16.5. The largest absolute Gasteiger partial charge is 0.411 e. The molecule has 0 unspecified atom stereocenters. The van der Waals surface area contributed by atoms with Crippen LogP contribution in [0.25, 0.3) is 0 Å². The van der Waals surface area contributed by atoms with Gasteiger partial charge in [-0.05, 0) is 91.3 Å². The first kappa shape index (κ1) is 23.6. The van der Waals surface area contributed by atoms with Crippen LogP contribution < -0.4 is 0 Å². The Bertz CT molecular complexity index is 659. The Kier molecular flexibility index (Phi) is 6.84. The summed E-state index contributed by atoms with van der Waals surface area (Å²) in [5, 5.41) is 13.6. The van der Waals surface area contributed by atoms with Crippen molar-refractivity contribution in [3.8, 4) is 0 Å². The minimum absolute atomic E-state index is 0.219. The molecule has 178 valence electrons. The molecule has 4 rings (SSSR count). The van der Waals surface area contributed by atoms with E-state index in [1.165, 1.54) is 57.8 Å². The zero-order valence-electron chi connectivity index (χ0n) is 21.2. The Morgan fingerprint density at radius 2 is 1.74 bits per heavy atom. The van der Waals surface area contributed by atoms with Gasteiger partial charge in [-0.25, -0.2) is 0 Å². The number of fused-ring (bicyclic) bond motifs is 5. The van der Waals surface area contributed by atoms with Crippen molar-refractivity contribution in [3.63, 3.8) is 0 Å². The predicted octanol–water partition coefficient (Wildman–Crippen LogP) is 7.56. The van der Waals surface area contributed by atoms with E-state index in [2.05, 4.69) is 39.8 Å². The minimum atomic E-state index is 0.219. The molecule has 0 heterocycles. The summed E-state index contributed by atoms with van der Waals surface area (Å²) in [5.74, 6) is 5.63. The van der Waals surface area contributed by atoms with E-state index in [0.29, 0.717) is 11.3 Å². The smallest absolute Gasteiger partial charge is 0.0632 e. The molecule has 0 aromatic heterocycles. The van der Waals surface area contributed by atoms with Gasteiger partial charge >= 0.3 is 0 Å². The van der Waals surface area contributed by atoms with Crippen LogP contribution in [0.2, 0.25) is 0 Å². The van der Waals surface area contributed by atoms with Crippen molar-refractivity contribution in [1.29, 1.82) is 0 Å². The van der Waals surface area contributed by atoms with Gasteiger partial charge in [0.25, 0.3) is 0 Å². The molecule has 4 aliphatic rings. The zero-order chi connectivity index (χ0) is 22.4. The van der Waals surface area contributed by atoms with Crippen LogP contribution in [0.3, 0.4) is 0 Å². The number of rotatable bonds is 6. The molecule has 0 saturated heterocycles. The Morgan fingerprint density at radius 1 is 1.00 bits per heavy atom. The predicted molar refractivity (Wildman–Crippen MR) is 128 cm³/mol. The van der Waals surface area contributed by atoms with Crippen molar-refractivity contribution in [1.82, 2.24) is 0 Å². The SMILES string of the molecule is CO[C@H]1C/C(=N\O)[C@@H]2CC[C@@H]3[C@H](CC[C@]4(C)[C@@H]([C@H](C)CCCC(C)C)CC[C@@H]34)[C@@]2(C)C1. The van der Waals surface area contributed by atoms with Crippen molar-refractivity contribution in [2.75, 3.05) is 7.11 Å². The molecule has 1 N–H and O–H groups in total. The van der Waals surface area contributed by atoms with Gasteiger partial charge in [0.2, 0.25) is 0 Å². The van der Waals surface area contributed by atoms with Crippen LogP contribution in [-0.4, -0.2) is 24.1 Å². The van der Waals surface area contributed by atoms with E-state index in [1.807, 2.05) is 7.11 Å². The second-order valence-electron chi connectivity index (χ2n) is 12.9. The van der Waals surface area contributed by atoms with E-state index >= 15 is 0 Å². The van der Waals surface area contributed by atoms with E-state index < -0.39 is 0 Å². The van der Waals surface area contributed by atoms with Crippen LogP contribution >= 0.6 is 0 Å². The maximum Gasteiger partial charge on any atom is 0.0632 e. The third-order valence-corrected chi connectivity index (χ3v) is 11.0. The number of oxime groups is 1. The molecule has 0 aromatic carbocycles. The summed E-state index contributed by atoms with van der Waals surface area (Å²) >= 11 is 0. The summed E-state index contributed by atoms with van der Waals surface area (Å²) in [6.45, 7) is 12.5. The molecule has 0 aliphatic heterocycles. The maximum absolute atomic E-state index is 9.78. The van der Waals surface area contributed by atoms with Gasteiger partial charge in [-0.1, -0.05) is 59.0 Å². The second-order valence-corrected chi connectivity index (χ2v) is 12.9. The average Bonchev–Trinajstić information content (AvgIpc) is 3.09. The molecule has 0 spiro atoms. The highest BCUT2D eigenvalue weighted by Crippen LogP contribution is 2.68. The van der Waals surface area contributed by atoms with Gasteiger partial charge in [0, 0.05) is 19.4 Å². The van der Waals surface area contributed by atoms with Crippen molar-refractivity contribution in [2.45, 2.75) is 111 Å². The lowest BCUT2D eigenvalue weighted by Gasteiger charge is -2.61. The highest BCUT2D eigenvalue weighted by Gasteiger charge is 2.61. The van der Waals surface area contributed by atoms with Gasteiger partial charge in [0.1, 0.15) is 0 Å². The summed E-state index contributed by atoms with van der Waals surface area (Å²) in [7, 11) is 1.84. The van der Waals surface area contributed by atoms with Crippen molar-refractivity contribution < 1.29 is 9.94 Å². The Hall–Kier alpha value is -0.570. The number of nitrogens with zero attached hydrogens (tertiary/aromatic N) is 1. The number of hydrogen-bond acceptors (Lipinski definition) is 3. The monoisotopic (exact) mass is 431 g/mol. The topological polar surface area (TPSA) is 41.8 Å². The van der Waals surface area contributed by atoms with Gasteiger partial charge in [0.05, 0.1) is 11.8 Å². The second kappa shape index (κ2) is 8.99. The zero-order valence-corrected chi connectivity index (χ0v) is 21.2. The van der Waals surface area contributed by atoms with Gasteiger partial charge in [-0.2, -0.15) is 0 Å². The minimum Gasteiger partial charge on any atom is -0.411 e. The first-order valence-electron chi connectivity index (χ1n) is 13.5. The fraction of sp³-hybridized carbons (Fsp3) is 0.964. The summed E-state index contributed by atoms with van der Waals surface area (Å²) in [6.07, 6.45) is 14.6. The molecular formula is C28H49NO2. The molecule has 0 bridgehead atoms. The van der Waals surface area contributed by atoms with E-state index in [0.717, 1.165) is 54.1 Å². The quantitative estimate of drug-likeness (QED) is 0.348. The molecule has 9 atom stereocenters. The van der Waals surface area contributed by atoms with Gasteiger partial charge in [0.15, 0.2) is 0 Å². The van der Waals surface area contributed by atoms with Crippen LogP contribution in [0, 0.1) is 52.3 Å². The fourth-order valence-electron chi connectivity index (χ4n) is 9.54. The molecule has 0 aromatic rings. The normalized spacial score (nSPS) is 47.1. The van der Waals surface area contributed by atoms with Crippen LogP contribution in [0.1, 0.15) is 105 Å². The summed E-state index contributed by atoms with van der Waals surface area (Å²) in [5.41, 5.74) is 1.81. The molecule has 3 heteroatoms. The van der Waals surface area contributed by atoms with Crippen molar-refractivity contribution >= 4 is 5.71 Å². The number of methoxy groups -OCH3 is 1. The number of ether oxygens (including phenoxy) is 1. The maximum atomic E-state index is 9.78. The van der Waals surface area contributed by atoms with E-state index in [-0.39, 0.29) is 11.5 Å². The molecule has 4 fully saturated rings. The van der Waals surface area contributed by atoms with Crippen molar-refractivity contribution in [3.05, 3.63) is 0 Å². The number of hydrogen-bond donors (Lipinski definition) is 1. The molecule has 0 amide bonds. The average molecular weight is 432 g/mol. The first-order valence-corrected chi connectivity index (χ1v) is 13.5. The highest BCUT2D eigenvalue weighted by molar-refractivity contribution is 5.88. The van der Waals surface area contributed by atoms with Crippen LogP contribution in [0.5, 0.6) is 0 Å². The van der Waals surface area contributed by atoms with E-state index in [9.17, 15) is 5.21 Å².